The van der Waals surface area contributed by atoms with Gasteiger partial charge in [-0.2, -0.15) is 0 Å². The Hall–Kier alpha value is -1.59. The fourth-order valence-corrected chi connectivity index (χ4v) is 1.81. The van der Waals surface area contributed by atoms with Crippen molar-refractivity contribution in [3.05, 3.63) is 0 Å². The fourth-order valence-electron chi connectivity index (χ4n) is 1.81. The number of nitrogens with one attached hydrogen (secondary N) is 2. The zero-order valence-electron chi connectivity index (χ0n) is 16.9. The SMILES string of the molecule is C.C.C.CC.CC.CC.CC(=N)N.CNC(=O)C1CC(C)CN1C(C)=O. The van der Waals surface area contributed by atoms with E-state index >= 15 is 0 Å². The van der Waals surface area contributed by atoms with E-state index in [0.29, 0.717) is 12.5 Å². The molecule has 0 spiro atoms. The van der Waals surface area contributed by atoms with Gasteiger partial charge in [-0.15, -0.1) is 0 Å². The first kappa shape index (κ1) is 44.1. The molecule has 1 fully saturated rings. The Kier molecular flexibility index (Phi) is 53.0. The highest BCUT2D eigenvalue weighted by molar-refractivity contribution is 5.87. The highest BCUT2D eigenvalue weighted by atomic mass is 16.2. The minimum absolute atomic E-state index is 0. The molecule has 0 bridgehead atoms. The molecule has 4 N–H and O–H groups in total. The summed E-state index contributed by atoms with van der Waals surface area (Å²) in [6.07, 6.45) is 0.777. The van der Waals surface area contributed by atoms with E-state index in [0.717, 1.165) is 6.42 Å². The molecule has 1 aliphatic heterocycles. The van der Waals surface area contributed by atoms with Crippen molar-refractivity contribution < 1.29 is 9.59 Å². The first-order valence-corrected chi connectivity index (χ1v) is 8.59. The molecule has 0 radical (unpaired) electrons. The Bertz CT molecular complexity index is 304. The summed E-state index contributed by atoms with van der Waals surface area (Å²) in [5, 5.41) is 8.86. The standard InChI is InChI=1S/C9H16N2O2.C2H6N2.3C2H6.3CH4/c1-6-4-8(9(13)10-3)11(5-6)7(2)12;1-2(3)4;3*1-2;;;/h6,8H,4-5H2,1-3H3,(H,10,13);1H3,(H3,3,4);3*1-2H3;3*1H4. The maximum absolute atomic E-state index is 11.4. The fraction of sp³-hybridized carbons (Fsp3) is 0.850. The average molecular weight is 381 g/mol. The summed E-state index contributed by atoms with van der Waals surface area (Å²) in [7, 11) is 1.60. The Morgan fingerprint density at radius 1 is 1.00 bits per heavy atom. The molecule has 1 saturated heterocycles. The molecule has 0 aromatic carbocycles. The summed E-state index contributed by atoms with van der Waals surface area (Å²) in [4.78, 5) is 24.2. The van der Waals surface area contributed by atoms with E-state index < -0.39 is 0 Å². The molecular formula is C20H52N4O2. The number of likely N-dealkylation sites (tertiary alicyclic amines) is 1. The van der Waals surface area contributed by atoms with Crippen LogP contribution in [0.25, 0.3) is 0 Å². The molecule has 6 nitrogen and oxygen atoms in total. The number of amides is 2. The van der Waals surface area contributed by atoms with Gasteiger partial charge in [0.2, 0.25) is 11.8 Å². The van der Waals surface area contributed by atoms with Crippen LogP contribution in [0.2, 0.25) is 0 Å². The van der Waals surface area contributed by atoms with Crippen LogP contribution in [-0.4, -0.2) is 42.2 Å². The highest BCUT2D eigenvalue weighted by Crippen LogP contribution is 2.22. The van der Waals surface area contributed by atoms with Gasteiger partial charge in [0, 0.05) is 20.5 Å². The van der Waals surface area contributed by atoms with E-state index in [2.05, 4.69) is 12.2 Å². The molecule has 1 rings (SSSR count). The third-order valence-corrected chi connectivity index (χ3v) is 2.46. The molecule has 0 aliphatic carbocycles. The van der Waals surface area contributed by atoms with Gasteiger partial charge in [0.05, 0.1) is 5.84 Å². The molecule has 1 heterocycles. The number of rotatable bonds is 1. The zero-order valence-corrected chi connectivity index (χ0v) is 16.9. The Morgan fingerprint density at radius 3 is 1.54 bits per heavy atom. The van der Waals surface area contributed by atoms with Crippen molar-refractivity contribution in [2.45, 2.75) is 97.1 Å². The van der Waals surface area contributed by atoms with Crippen molar-refractivity contribution >= 4 is 17.6 Å². The lowest BCUT2D eigenvalue weighted by Gasteiger charge is -2.21. The normalized spacial score (nSPS) is 15.4. The van der Waals surface area contributed by atoms with Gasteiger partial charge in [0.25, 0.3) is 0 Å². The minimum atomic E-state index is -0.252. The number of amidine groups is 1. The number of hydrogen-bond acceptors (Lipinski definition) is 3. The van der Waals surface area contributed by atoms with Crippen LogP contribution in [-0.2, 0) is 9.59 Å². The van der Waals surface area contributed by atoms with Crippen LogP contribution in [0.3, 0.4) is 0 Å². The van der Waals surface area contributed by atoms with Crippen LogP contribution in [0.4, 0.5) is 0 Å². The molecule has 1 aliphatic rings. The monoisotopic (exact) mass is 380 g/mol. The summed E-state index contributed by atoms with van der Waals surface area (Å²) in [5.74, 6) is 0.517. The van der Waals surface area contributed by atoms with Crippen molar-refractivity contribution in [2.75, 3.05) is 13.6 Å². The number of nitrogens with two attached hydrogens (primary N) is 1. The molecule has 2 amide bonds. The van der Waals surface area contributed by atoms with Crippen LogP contribution in [0.5, 0.6) is 0 Å². The summed E-state index contributed by atoms with van der Waals surface area (Å²) in [6, 6.07) is -0.252. The predicted octanol–water partition coefficient (Wildman–Crippen LogP) is 4.92. The van der Waals surface area contributed by atoms with Gasteiger partial charge in [-0.25, -0.2) is 0 Å². The van der Waals surface area contributed by atoms with Gasteiger partial charge < -0.3 is 16.0 Å². The van der Waals surface area contributed by atoms with Gasteiger partial charge in [-0.1, -0.05) is 70.7 Å². The Labute approximate surface area is 165 Å². The lowest BCUT2D eigenvalue weighted by molar-refractivity contribution is -0.136. The first-order chi connectivity index (χ1) is 10.8. The number of hydrogen-bond donors (Lipinski definition) is 3. The minimum Gasteiger partial charge on any atom is -0.388 e. The molecule has 2 atom stereocenters. The van der Waals surface area contributed by atoms with Crippen LogP contribution in [0.15, 0.2) is 0 Å². The van der Waals surface area contributed by atoms with Gasteiger partial charge in [-0.3, -0.25) is 15.0 Å². The quantitative estimate of drug-likeness (QED) is 0.444. The van der Waals surface area contributed by atoms with E-state index in [-0.39, 0.29) is 46.0 Å². The predicted molar refractivity (Wildman–Crippen MR) is 121 cm³/mol. The maximum atomic E-state index is 11.4. The second-order valence-corrected chi connectivity index (χ2v) is 4.33. The largest absolute Gasteiger partial charge is 0.388 e. The van der Waals surface area contributed by atoms with Gasteiger partial charge in [0.1, 0.15) is 6.04 Å². The maximum Gasteiger partial charge on any atom is 0.242 e. The molecule has 0 aromatic rings. The van der Waals surface area contributed by atoms with Gasteiger partial charge in [0.15, 0.2) is 0 Å². The van der Waals surface area contributed by atoms with Gasteiger partial charge in [-0.05, 0) is 19.3 Å². The highest BCUT2D eigenvalue weighted by Gasteiger charge is 2.35. The summed E-state index contributed by atoms with van der Waals surface area (Å²) in [6.45, 7) is 17.8. The van der Waals surface area contributed by atoms with Crippen molar-refractivity contribution in [1.29, 1.82) is 5.41 Å². The van der Waals surface area contributed by atoms with Crippen LogP contribution in [0, 0.1) is 11.3 Å². The van der Waals surface area contributed by atoms with Crippen molar-refractivity contribution in [3.8, 4) is 0 Å². The smallest absolute Gasteiger partial charge is 0.242 e. The van der Waals surface area contributed by atoms with Crippen LogP contribution in [0.1, 0.15) is 91.0 Å². The summed E-state index contributed by atoms with van der Waals surface area (Å²) in [5.41, 5.74) is 4.69. The first-order valence-electron chi connectivity index (χ1n) is 8.59. The Morgan fingerprint density at radius 2 is 1.31 bits per heavy atom. The third-order valence-electron chi connectivity index (χ3n) is 2.46. The van der Waals surface area contributed by atoms with Crippen LogP contribution >= 0.6 is 0 Å². The molecule has 164 valence electrons. The van der Waals surface area contributed by atoms with Crippen molar-refractivity contribution in [3.63, 3.8) is 0 Å². The number of carbonyl (C=O) groups is 2. The van der Waals surface area contributed by atoms with Crippen LogP contribution < -0.4 is 11.1 Å². The van der Waals surface area contributed by atoms with E-state index in [1.54, 1.807) is 11.9 Å². The summed E-state index contributed by atoms with van der Waals surface area (Å²) >= 11 is 0. The van der Waals surface area contributed by atoms with Crippen molar-refractivity contribution in [1.82, 2.24) is 10.2 Å². The van der Waals surface area contributed by atoms with E-state index in [9.17, 15) is 9.59 Å². The average Bonchev–Trinajstić information content (AvgIpc) is 2.94. The Balaban J connectivity index is -0.0000000479. The molecule has 26 heavy (non-hydrogen) atoms. The molecule has 6 heteroatoms. The third kappa shape index (κ3) is 24.7. The molecule has 0 aromatic heterocycles. The van der Waals surface area contributed by atoms with E-state index in [1.165, 1.54) is 13.8 Å². The second-order valence-electron chi connectivity index (χ2n) is 4.33. The van der Waals surface area contributed by atoms with Gasteiger partial charge >= 0.3 is 0 Å². The van der Waals surface area contributed by atoms with E-state index in [4.69, 9.17) is 11.1 Å². The molecule has 0 saturated carbocycles. The lowest BCUT2D eigenvalue weighted by Crippen LogP contribution is -2.43. The number of nitrogens with zero attached hydrogens (tertiary/aromatic N) is 1. The van der Waals surface area contributed by atoms with E-state index in [1.807, 2.05) is 41.5 Å². The molecular weight excluding hydrogens is 328 g/mol. The zero-order chi connectivity index (χ0) is 19.6. The van der Waals surface area contributed by atoms with Crippen molar-refractivity contribution in [2.24, 2.45) is 11.7 Å². The summed E-state index contributed by atoms with van der Waals surface area (Å²) < 4.78 is 0. The lowest BCUT2D eigenvalue weighted by atomic mass is 10.1. The second kappa shape index (κ2) is 31.2. The topological polar surface area (TPSA) is 99.3 Å². The molecule has 2 unspecified atom stereocenters. The number of carbonyl (C=O) groups excluding carboxylic acids is 2. The number of likely N-dealkylation sites (N-methyl/N-ethyl adjacent to an activating group) is 1.